The number of nitrogens with zero attached hydrogens (tertiary/aromatic N) is 1. The first-order valence-corrected chi connectivity index (χ1v) is 10.5. The highest BCUT2D eigenvalue weighted by molar-refractivity contribution is 8.01. The summed E-state index contributed by atoms with van der Waals surface area (Å²) in [5.41, 5.74) is 0.646. The van der Waals surface area contributed by atoms with Gasteiger partial charge in [0.05, 0.1) is 17.4 Å². The highest BCUT2D eigenvalue weighted by Crippen LogP contribution is 2.38. The lowest BCUT2D eigenvalue weighted by Gasteiger charge is -2.35. The summed E-state index contributed by atoms with van der Waals surface area (Å²) in [6, 6.07) is 5.46. The van der Waals surface area contributed by atoms with Crippen LogP contribution >= 0.6 is 23.4 Å². The highest BCUT2D eigenvalue weighted by atomic mass is 35.5. The Morgan fingerprint density at radius 1 is 1.37 bits per heavy atom. The first kappa shape index (κ1) is 20.0. The molecule has 0 aromatic heterocycles. The molecule has 0 bridgehead atoms. The fraction of sp³-hybridized carbons (Fsp3) is 0.526. The fourth-order valence-electron chi connectivity index (χ4n) is 3.45. The molecule has 2 unspecified atom stereocenters. The number of hydrogen-bond donors (Lipinski definition) is 1. The summed E-state index contributed by atoms with van der Waals surface area (Å²) in [4.78, 5) is 39.4. The van der Waals surface area contributed by atoms with E-state index in [9.17, 15) is 14.4 Å². The molecule has 2 aliphatic rings. The number of fused-ring (bicyclic) bond motifs is 1. The molecule has 1 N–H and O–H groups in total. The standard InChI is InChI=1S/C19H23ClN2O4S/c1-2-13-5-3-4-8-22(13)17(23)11-26-18(24)10-16-19(25)21-14-9-12(20)6-7-15(14)27-16/h6-7,9,13,16H,2-5,8,10-11H2,1H3,(H,21,25). The third-order valence-corrected chi connectivity index (χ3v) is 6.40. The molecule has 1 saturated heterocycles. The van der Waals surface area contributed by atoms with Gasteiger partial charge < -0.3 is 15.0 Å². The first-order valence-electron chi connectivity index (χ1n) is 9.20. The lowest BCUT2D eigenvalue weighted by atomic mass is 10.00. The van der Waals surface area contributed by atoms with E-state index in [4.69, 9.17) is 16.3 Å². The van der Waals surface area contributed by atoms with Gasteiger partial charge in [-0.2, -0.15) is 0 Å². The molecule has 0 aliphatic carbocycles. The zero-order chi connectivity index (χ0) is 19.4. The van der Waals surface area contributed by atoms with E-state index in [2.05, 4.69) is 12.2 Å². The molecule has 0 radical (unpaired) electrons. The van der Waals surface area contributed by atoms with Crippen LogP contribution < -0.4 is 5.32 Å². The number of rotatable bonds is 5. The van der Waals surface area contributed by atoms with Gasteiger partial charge in [-0.15, -0.1) is 11.8 Å². The molecule has 8 heteroatoms. The molecule has 6 nitrogen and oxygen atoms in total. The summed E-state index contributed by atoms with van der Waals surface area (Å²) >= 11 is 7.23. The summed E-state index contributed by atoms with van der Waals surface area (Å²) in [7, 11) is 0. The summed E-state index contributed by atoms with van der Waals surface area (Å²) < 4.78 is 5.16. The third kappa shape index (κ3) is 4.96. The SMILES string of the molecule is CCC1CCCCN1C(=O)COC(=O)CC1Sc2ccc(Cl)cc2NC1=O. The maximum atomic E-state index is 12.4. The van der Waals surface area contributed by atoms with Gasteiger partial charge in [0.2, 0.25) is 5.91 Å². The van der Waals surface area contributed by atoms with Crippen LogP contribution in [0.25, 0.3) is 0 Å². The van der Waals surface area contributed by atoms with E-state index in [1.165, 1.54) is 11.8 Å². The number of anilines is 1. The van der Waals surface area contributed by atoms with Crippen molar-refractivity contribution in [3.8, 4) is 0 Å². The topological polar surface area (TPSA) is 75.7 Å². The fourth-order valence-corrected chi connectivity index (χ4v) is 4.69. The van der Waals surface area contributed by atoms with E-state index in [0.717, 1.165) is 37.1 Å². The number of hydrogen-bond acceptors (Lipinski definition) is 5. The molecule has 0 saturated carbocycles. The Morgan fingerprint density at radius 2 is 2.19 bits per heavy atom. The van der Waals surface area contributed by atoms with Gasteiger partial charge in [0.25, 0.3) is 5.91 Å². The van der Waals surface area contributed by atoms with Crippen LogP contribution in [0.15, 0.2) is 23.1 Å². The van der Waals surface area contributed by atoms with Crippen molar-refractivity contribution < 1.29 is 19.1 Å². The number of piperidine rings is 1. The zero-order valence-corrected chi connectivity index (χ0v) is 16.8. The normalized spacial score (nSPS) is 22.0. The molecule has 1 aromatic rings. The number of carbonyl (C=O) groups excluding carboxylic acids is 3. The minimum Gasteiger partial charge on any atom is -0.456 e. The van der Waals surface area contributed by atoms with Crippen LogP contribution in [0.3, 0.4) is 0 Å². The Kier molecular flexibility index (Phi) is 6.65. The molecular weight excluding hydrogens is 388 g/mol. The van der Waals surface area contributed by atoms with Crippen molar-refractivity contribution in [2.75, 3.05) is 18.5 Å². The molecule has 3 rings (SSSR count). The lowest BCUT2D eigenvalue weighted by molar-refractivity contribution is -0.153. The lowest BCUT2D eigenvalue weighted by Crippen LogP contribution is -2.45. The van der Waals surface area contributed by atoms with Crippen LogP contribution in [0.5, 0.6) is 0 Å². The van der Waals surface area contributed by atoms with E-state index >= 15 is 0 Å². The maximum Gasteiger partial charge on any atom is 0.307 e. The van der Waals surface area contributed by atoms with Crippen LogP contribution in [-0.4, -0.2) is 47.1 Å². The zero-order valence-electron chi connectivity index (χ0n) is 15.2. The molecule has 1 fully saturated rings. The van der Waals surface area contributed by atoms with Crippen molar-refractivity contribution >= 4 is 46.8 Å². The Labute approximate surface area is 167 Å². The van der Waals surface area contributed by atoms with Gasteiger partial charge in [-0.05, 0) is 43.9 Å². The molecule has 146 valence electrons. The number of benzene rings is 1. The van der Waals surface area contributed by atoms with E-state index < -0.39 is 11.2 Å². The molecule has 27 heavy (non-hydrogen) atoms. The smallest absolute Gasteiger partial charge is 0.307 e. The van der Waals surface area contributed by atoms with Gasteiger partial charge in [0, 0.05) is 22.5 Å². The monoisotopic (exact) mass is 410 g/mol. The van der Waals surface area contributed by atoms with Crippen molar-refractivity contribution in [2.24, 2.45) is 0 Å². The number of nitrogens with one attached hydrogen (secondary N) is 1. The number of amides is 2. The third-order valence-electron chi connectivity index (χ3n) is 4.89. The van der Waals surface area contributed by atoms with E-state index in [-0.39, 0.29) is 30.9 Å². The Bertz CT molecular complexity index is 742. The number of ether oxygens (including phenoxy) is 1. The van der Waals surface area contributed by atoms with Crippen LogP contribution in [0, 0.1) is 0 Å². The van der Waals surface area contributed by atoms with Gasteiger partial charge in [-0.25, -0.2) is 0 Å². The average Bonchev–Trinajstić information content (AvgIpc) is 2.66. The second-order valence-corrected chi connectivity index (χ2v) is 8.43. The van der Waals surface area contributed by atoms with Gasteiger partial charge in [-0.3, -0.25) is 14.4 Å². The second kappa shape index (κ2) is 8.97. The van der Waals surface area contributed by atoms with Crippen LogP contribution in [0.1, 0.15) is 39.0 Å². The minimum absolute atomic E-state index is 0.0803. The predicted molar refractivity (Wildman–Crippen MR) is 105 cm³/mol. The molecule has 1 aromatic carbocycles. The molecule has 0 spiro atoms. The molecule has 2 heterocycles. The van der Waals surface area contributed by atoms with Crippen molar-refractivity contribution in [2.45, 2.75) is 55.2 Å². The number of carbonyl (C=O) groups is 3. The second-order valence-electron chi connectivity index (χ2n) is 6.75. The summed E-state index contributed by atoms with van der Waals surface area (Å²) in [6.45, 7) is 2.52. The van der Waals surface area contributed by atoms with Crippen LogP contribution in [0.2, 0.25) is 5.02 Å². The molecular formula is C19H23ClN2O4S. The van der Waals surface area contributed by atoms with Crippen LogP contribution in [0.4, 0.5) is 5.69 Å². The summed E-state index contributed by atoms with van der Waals surface area (Å²) in [6.07, 6.45) is 3.94. The quantitative estimate of drug-likeness (QED) is 0.752. The van der Waals surface area contributed by atoms with Gasteiger partial charge >= 0.3 is 5.97 Å². The Morgan fingerprint density at radius 3 is 2.96 bits per heavy atom. The maximum absolute atomic E-state index is 12.4. The number of thioether (sulfide) groups is 1. The molecule has 2 amide bonds. The average molecular weight is 411 g/mol. The van der Waals surface area contributed by atoms with E-state index in [0.29, 0.717) is 10.7 Å². The largest absolute Gasteiger partial charge is 0.456 e. The van der Waals surface area contributed by atoms with Crippen molar-refractivity contribution in [1.82, 2.24) is 4.90 Å². The van der Waals surface area contributed by atoms with Gasteiger partial charge in [0.15, 0.2) is 6.61 Å². The number of esters is 1. The van der Waals surface area contributed by atoms with Gasteiger partial charge in [-0.1, -0.05) is 18.5 Å². The van der Waals surface area contributed by atoms with Crippen molar-refractivity contribution in [1.29, 1.82) is 0 Å². The predicted octanol–water partition coefficient (Wildman–Crippen LogP) is 3.48. The van der Waals surface area contributed by atoms with E-state index in [1.807, 2.05) is 11.0 Å². The number of halogens is 1. The Hall–Kier alpha value is -1.73. The molecule has 2 atom stereocenters. The molecule has 2 aliphatic heterocycles. The summed E-state index contributed by atoms with van der Waals surface area (Å²) in [5, 5.41) is 2.71. The van der Waals surface area contributed by atoms with Crippen molar-refractivity contribution in [3.63, 3.8) is 0 Å². The first-order chi connectivity index (χ1) is 13.0. The van der Waals surface area contributed by atoms with Crippen molar-refractivity contribution in [3.05, 3.63) is 23.2 Å². The van der Waals surface area contributed by atoms with Crippen LogP contribution in [-0.2, 0) is 19.1 Å². The number of likely N-dealkylation sites (tertiary alicyclic amines) is 1. The highest BCUT2D eigenvalue weighted by Gasteiger charge is 2.31. The Balaban J connectivity index is 1.51. The summed E-state index contributed by atoms with van der Waals surface area (Å²) in [5.74, 6) is -0.964. The minimum atomic E-state index is -0.584. The van der Waals surface area contributed by atoms with Gasteiger partial charge in [0.1, 0.15) is 0 Å². The van der Waals surface area contributed by atoms with E-state index in [1.54, 1.807) is 12.1 Å².